The molecule has 0 bridgehead atoms. The van der Waals surface area contributed by atoms with Crippen LogP contribution in [0.1, 0.15) is 214 Å². The molecule has 128 heavy (non-hydrogen) atoms. The minimum atomic E-state index is -1.06. The number of amides is 2. The number of nitrogens with two attached hydrogens (primary N) is 2. The molecule has 36 heteroatoms. The second-order valence-corrected chi connectivity index (χ2v) is 33.6. The number of benzene rings is 7. The lowest BCUT2D eigenvalue weighted by Gasteiger charge is -2.26. The van der Waals surface area contributed by atoms with Crippen LogP contribution in [0.3, 0.4) is 0 Å². The smallest absolute Gasteiger partial charge is 0.494 e. The number of hydrogen-bond donors (Lipinski definition) is 5. The van der Waals surface area contributed by atoms with Gasteiger partial charge in [-0.2, -0.15) is 0 Å². The van der Waals surface area contributed by atoms with Crippen LogP contribution >= 0.6 is 24.8 Å². The summed E-state index contributed by atoms with van der Waals surface area (Å²) in [6.45, 7) is 35.9. The number of aryl methyl sites for hydroxylation is 2. The number of fused-ring (bicyclic) bond motifs is 1. The Morgan fingerprint density at radius 2 is 0.781 bits per heavy atom. The Labute approximate surface area is 772 Å². The number of nitrogens with one attached hydrogen (secondary N) is 2. The van der Waals surface area contributed by atoms with E-state index in [0.29, 0.717) is 92.2 Å². The third-order valence-corrected chi connectivity index (χ3v) is 19.4. The molecule has 9 aliphatic rings. The van der Waals surface area contributed by atoms with E-state index in [0.717, 1.165) is 109 Å². The molecule has 16 rings (SSSR count). The van der Waals surface area contributed by atoms with Gasteiger partial charge < -0.3 is 116 Å². The molecule has 7 aromatic rings. The number of rotatable bonds is 15. The van der Waals surface area contributed by atoms with Crippen LogP contribution < -0.4 is 73.1 Å². The Morgan fingerprint density at radius 1 is 0.422 bits per heavy atom. The molecule has 0 aromatic heterocycles. The van der Waals surface area contributed by atoms with Crippen molar-refractivity contribution in [2.75, 3.05) is 92.2 Å². The van der Waals surface area contributed by atoms with Gasteiger partial charge in [0.25, 0.3) is 0 Å². The molecule has 9 heterocycles. The van der Waals surface area contributed by atoms with E-state index < -0.39 is 68.3 Å². The molecule has 0 aliphatic carbocycles. The van der Waals surface area contributed by atoms with Crippen LogP contribution in [0.5, 0.6) is 28.7 Å². The normalized spacial score (nSPS) is 17.5. The maximum Gasteiger partial charge on any atom is 0.519 e. The molecule has 0 saturated heterocycles. The van der Waals surface area contributed by atoms with Crippen LogP contribution in [0, 0.1) is 13.8 Å². The highest BCUT2D eigenvalue weighted by Crippen LogP contribution is 2.37. The molecule has 0 saturated carbocycles. The molecular weight excluding hydrogens is 1680 g/mol. The summed E-state index contributed by atoms with van der Waals surface area (Å²) in [5.74, 6) is 4.06. The van der Waals surface area contributed by atoms with Crippen LogP contribution in [-0.4, -0.2) is 185 Å². The summed E-state index contributed by atoms with van der Waals surface area (Å²) >= 11 is 0. The molecule has 0 fully saturated rings. The zero-order valence-corrected chi connectivity index (χ0v) is 74.5. The van der Waals surface area contributed by atoms with Crippen LogP contribution in [-0.2, 0) is 78.7 Å². The Morgan fingerprint density at radius 3 is 1.20 bits per heavy atom. The topological polar surface area (TPSA) is 343 Å². The van der Waals surface area contributed by atoms with E-state index in [-0.39, 0.29) is 107 Å². The van der Waals surface area contributed by atoms with Crippen molar-refractivity contribution in [1.82, 2.24) is 15.5 Å². The van der Waals surface area contributed by atoms with E-state index in [2.05, 4.69) is 82.6 Å². The first-order valence-electron chi connectivity index (χ1n) is 41.2. The quantitative estimate of drug-likeness (QED) is 0.0275. The minimum absolute atomic E-state index is 0. The third kappa shape index (κ3) is 31.2. The highest BCUT2D eigenvalue weighted by Gasteiger charge is 2.47. The average Bonchev–Trinajstić information content (AvgIpc) is 1.66. The number of hydrogen-bond acceptors (Lipinski definition) is 27. The van der Waals surface area contributed by atoms with Crippen LogP contribution in [0.4, 0.5) is 19.2 Å². The van der Waals surface area contributed by atoms with E-state index in [4.69, 9.17) is 96.0 Å². The molecule has 9 aliphatic heterocycles. The second kappa shape index (κ2) is 51.1. The van der Waals surface area contributed by atoms with E-state index in [9.17, 15) is 24.2 Å². The molecule has 0 spiro atoms. The summed E-state index contributed by atoms with van der Waals surface area (Å²) in [6, 6.07) is 46.6. The van der Waals surface area contributed by atoms with Gasteiger partial charge in [-0.05, 0) is 184 Å². The van der Waals surface area contributed by atoms with Gasteiger partial charge in [-0.25, -0.2) is 19.2 Å². The predicted molar refractivity (Wildman–Crippen MR) is 507 cm³/mol. The first-order chi connectivity index (χ1) is 57.7. The van der Waals surface area contributed by atoms with Gasteiger partial charge in [0.05, 0.1) is 63.6 Å². The molecule has 0 radical (unpaired) electrons. The van der Waals surface area contributed by atoms with Crippen LogP contribution in [0.25, 0.3) is 0 Å². The molecular formula is C92H136B5Cl2N5O24. The lowest BCUT2D eigenvalue weighted by Crippen LogP contribution is -2.35. The first-order valence-corrected chi connectivity index (χ1v) is 41.2. The molecule has 7 aromatic carbocycles. The monoisotopic (exact) mass is 1820 g/mol. The fourth-order valence-corrected chi connectivity index (χ4v) is 14.6. The number of nitrogens with zero attached hydrogens (tertiary/aromatic N) is 1. The van der Waals surface area contributed by atoms with E-state index in [1.807, 2.05) is 139 Å². The van der Waals surface area contributed by atoms with Gasteiger partial charge in [-0.15, -0.1) is 24.8 Å². The number of carbonyl (C=O) groups is 4. The summed E-state index contributed by atoms with van der Waals surface area (Å²) in [5, 5.41) is 16.1. The van der Waals surface area contributed by atoms with Gasteiger partial charge in [0.1, 0.15) is 77.6 Å². The highest BCUT2D eigenvalue weighted by molar-refractivity contribution is 6.66. The highest BCUT2D eigenvalue weighted by atomic mass is 35.5. The van der Waals surface area contributed by atoms with Crippen molar-refractivity contribution in [2.45, 2.75) is 213 Å². The van der Waals surface area contributed by atoms with Gasteiger partial charge in [0.15, 0.2) is 0 Å². The second-order valence-electron chi connectivity index (χ2n) is 33.6. The Hall–Kier alpha value is -8.80. The lowest BCUT2D eigenvalue weighted by molar-refractivity contribution is -0.0295. The van der Waals surface area contributed by atoms with Crippen molar-refractivity contribution in [3.05, 3.63) is 190 Å². The number of ether oxygens (including phenoxy) is 10. The Kier molecular flexibility index (Phi) is 44.6. The molecule has 7 N–H and O–H groups in total. The molecule has 702 valence electrons. The zero-order valence-electron chi connectivity index (χ0n) is 72.8. The largest absolute Gasteiger partial charge is 0.519 e. The third-order valence-electron chi connectivity index (χ3n) is 19.4. The van der Waals surface area contributed by atoms with Crippen molar-refractivity contribution in [2.24, 2.45) is 11.5 Å². The molecule has 0 unspecified atom stereocenters. The lowest BCUT2D eigenvalue weighted by atomic mass is 9.76. The van der Waals surface area contributed by atoms with E-state index in [1.165, 1.54) is 16.7 Å². The Bertz CT molecular complexity index is 4560. The van der Waals surface area contributed by atoms with Gasteiger partial charge >= 0.3 is 60.1 Å². The first kappa shape index (κ1) is 112. The van der Waals surface area contributed by atoms with Crippen molar-refractivity contribution in [3.63, 3.8) is 0 Å². The fraction of sp³-hybridized carbons (Fsp3) is 0.500. The van der Waals surface area contributed by atoms with Gasteiger partial charge in [-0.1, -0.05) is 153 Å². The molecule has 5 atom stereocenters. The van der Waals surface area contributed by atoms with Crippen LogP contribution in [0.2, 0.25) is 0 Å². The average molecular weight is 1820 g/mol. The molecule has 2 amide bonds. The van der Waals surface area contributed by atoms with E-state index >= 15 is 0 Å². The summed E-state index contributed by atoms with van der Waals surface area (Å²) in [7, 11) is -2.42. The van der Waals surface area contributed by atoms with Crippen LogP contribution in [0.15, 0.2) is 140 Å². The summed E-state index contributed by atoms with van der Waals surface area (Å²) in [5.41, 5.74) is 23.7. The van der Waals surface area contributed by atoms with Crippen molar-refractivity contribution >= 4 is 112 Å². The Balaban J connectivity index is 0.000000324. The van der Waals surface area contributed by atoms with Crippen molar-refractivity contribution < 1.29 is 113 Å². The van der Waals surface area contributed by atoms with Gasteiger partial charge in [0, 0.05) is 73.1 Å². The SMILES string of the molecule is C.C.C.C.C.CC(C)(C)OC(=O)NC[C@H]1OB2OCCOc3cccc1c32.CC(C)(C)OC(=O)OC(=O)OC(C)(C)C.CCCOc1cccc2c1B(O)O[C@@H]2CN(Cc1ccccc1)Cc1ccccc1.Cc1ccc2c3c1[C@@H](CN)OB3OCCO2.Cc1ccc2c3c1[C@@H](CNC(=O)OC(C)(C)C)OB3OCCO2.Cl.Cl.NC[C@H]1OB2OCCOc3cccc1c32. The molecule has 29 nitrogen and oxygen atoms in total. The fourth-order valence-electron chi connectivity index (χ4n) is 14.6. The van der Waals surface area contributed by atoms with E-state index in [1.54, 1.807) is 41.5 Å². The van der Waals surface area contributed by atoms with Gasteiger partial charge in [0.2, 0.25) is 0 Å². The maximum absolute atomic E-state index is 11.9. The van der Waals surface area contributed by atoms with Crippen molar-refractivity contribution in [1.29, 1.82) is 0 Å². The number of carbonyl (C=O) groups excluding carboxylic acids is 4. The number of halogens is 2. The number of alkyl carbamates (subject to hydrolysis) is 2. The van der Waals surface area contributed by atoms with Crippen molar-refractivity contribution in [3.8, 4) is 28.7 Å². The summed E-state index contributed by atoms with van der Waals surface area (Å²) in [6.07, 6.45) is -2.98. The maximum atomic E-state index is 11.9. The summed E-state index contributed by atoms with van der Waals surface area (Å²) < 4.78 is 105. The minimum Gasteiger partial charge on any atom is -0.494 e. The summed E-state index contributed by atoms with van der Waals surface area (Å²) in [4.78, 5) is 48.0. The van der Waals surface area contributed by atoms with Gasteiger partial charge in [-0.3, -0.25) is 4.90 Å². The zero-order chi connectivity index (χ0) is 86.8. The predicted octanol–water partition coefficient (Wildman–Crippen LogP) is 13.9. The standard InChI is InChI=1S/C25H28BNO3.C16H22BNO5.C15H20BNO5.C11H14BNO3.C10H12BNO3.C10H18O5.5CH4.2ClH/c1-2-16-29-23-15-9-14-22-24(30-26(28)25(22)23)19-27(17-20-10-5-3-6-11-20)18-21-12-7-4-8-13-21;1-10-5-6-11-14-13(10)12(23-17(14)21-8-7-20-11)9-18-15(19)22-16(2,3)4;1-15(2,3)21-14(18)17-9-12-10-5-4-6-11-13(10)16(22-12)20-8-7-19-11;1-7-2-3-8-11-10(7)9(6-13)16-12(11)15-5-4-14-8;12-6-9-7-2-1-3-8-10(7)11(15-9)14-5-4-13-8;1-9(2,3)14-7(11)13-8(12)15-10(4,5)6;;;;;;;/h3-15,24,28H,2,16-19H2,1H3;5-6,12H,7-9H2,1-4H3,(H,18,19);4-6,12H,7-9H2,1-3H3,(H,17,18);2-3,9H,4-6,13H2,1H3;1-3,9H,4-6,12H2;1-6H3;5*1H4;2*1H/t24-;2*12-;2*9-;;;;;;;;/m11111......../s1.